The van der Waals surface area contributed by atoms with Crippen molar-refractivity contribution in [2.45, 2.75) is 46.2 Å². The maximum absolute atomic E-state index is 4.46. The van der Waals surface area contributed by atoms with E-state index in [0.29, 0.717) is 0 Å². The molecule has 4 heteroatoms. The highest BCUT2D eigenvalue weighted by Crippen LogP contribution is 2.30. The molecule has 0 saturated carbocycles. The molecule has 0 saturated heterocycles. The lowest BCUT2D eigenvalue weighted by Crippen LogP contribution is -2.13. The Labute approximate surface area is 118 Å². The second kappa shape index (κ2) is 5.10. The Morgan fingerprint density at radius 3 is 2.84 bits per heavy atom. The first-order chi connectivity index (χ1) is 9.15. The molecule has 0 fully saturated rings. The van der Waals surface area contributed by atoms with Crippen molar-refractivity contribution >= 4 is 11.3 Å². The monoisotopic (exact) mass is 275 g/mol. The summed E-state index contributed by atoms with van der Waals surface area (Å²) in [7, 11) is 2.01. The number of fused-ring (bicyclic) bond motifs is 1. The molecule has 0 aromatic carbocycles. The van der Waals surface area contributed by atoms with Gasteiger partial charge in [0.15, 0.2) is 0 Å². The van der Waals surface area contributed by atoms with Crippen LogP contribution in [0.25, 0.3) is 0 Å². The molecule has 0 unspecified atom stereocenters. The Morgan fingerprint density at radius 2 is 2.16 bits per heavy atom. The second-order valence-electron chi connectivity index (χ2n) is 5.39. The number of thiophene rings is 1. The van der Waals surface area contributed by atoms with Gasteiger partial charge in [0.1, 0.15) is 0 Å². The van der Waals surface area contributed by atoms with E-state index < -0.39 is 0 Å². The van der Waals surface area contributed by atoms with Crippen LogP contribution in [0.3, 0.4) is 0 Å². The summed E-state index contributed by atoms with van der Waals surface area (Å²) in [4.78, 5) is 3.09. The molecule has 0 spiro atoms. The molecule has 102 valence electrons. The maximum Gasteiger partial charge on any atom is 0.0641 e. The van der Waals surface area contributed by atoms with Crippen LogP contribution in [0.15, 0.2) is 6.07 Å². The molecule has 3 rings (SSSR count). The van der Waals surface area contributed by atoms with E-state index in [1.54, 1.807) is 10.4 Å². The Hall–Kier alpha value is -1.13. The van der Waals surface area contributed by atoms with Gasteiger partial charge < -0.3 is 5.32 Å². The summed E-state index contributed by atoms with van der Waals surface area (Å²) in [5.74, 6) is 0. The predicted molar refractivity (Wildman–Crippen MR) is 79.6 cm³/mol. The van der Waals surface area contributed by atoms with Crippen molar-refractivity contribution in [3.05, 3.63) is 38.3 Å². The van der Waals surface area contributed by atoms with E-state index in [9.17, 15) is 0 Å². The highest BCUT2D eigenvalue weighted by Gasteiger charge is 2.14. The van der Waals surface area contributed by atoms with E-state index in [1.807, 2.05) is 23.1 Å². The molecule has 1 aliphatic rings. The van der Waals surface area contributed by atoms with Gasteiger partial charge in [-0.15, -0.1) is 11.3 Å². The Bertz CT molecular complexity index is 573. The van der Waals surface area contributed by atoms with Gasteiger partial charge in [-0.05, 0) is 44.7 Å². The molecule has 0 amide bonds. The van der Waals surface area contributed by atoms with Crippen LogP contribution in [0.1, 0.15) is 38.7 Å². The van der Waals surface area contributed by atoms with Crippen LogP contribution in [-0.2, 0) is 33.0 Å². The fourth-order valence-corrected chi connectivity index (χ4v) is 4.09. The molecule has 19 heavy (non-hydrogen) atoms. The fraction of sp³-hybridized carbons (Fsp3) is 0.533. The summed E-state index contributed by atoms with van der Waals surface area (Å²) < 4.78 is 1.96. The molecule has 0 bridgehead atoms. The van der Waals surface area contributed by atoms with Crippen LogP contribution in [0.4, 0.5) is 0 Å². The average Bonchev–Trinajstić information content (AvgIpc) is 2.99. The number of aryl methyl sites for hydroxylation is 4. The molecule has 2 aromatic rings. The molecular weight excluding hydrogens is 254 g/mol. The van der Waals surface area contributed by atoms with E-state index in [4.69, 9.17) is 0 Å². The van der Waals surface area contributed by atoms with Gasteiger partial charge in [-0.2, -0.15) is 5.10 Å². The first-order valence-electron chi connectivity index (χ1n) is 6.95. The van der Waals surface area contributed by atoms with Gasteiger partial charge in [0, 0.05) is 41.1 Å². The van der Waals surface area contributed by atoms with Crippen molar-refractivity contribution in [3.63, 3.8) is 0 Å². The van der Waals surface area contributed by atoms with Gasteiger partial charge >= 0.3 is 0 Å². The van der Waals surface area contributed by atoms with Crippen molar-refractivity contribution in [2.24, 2.45) is 7.05 Å². The SMILES string of the molecule is Cc1nn(C)c(C)c1CNCc1cc2c(s1)CCC2. The van der Waals surface area contributed by atoms with Crippen LogP contribution >= 0.6 is 11.3 Å². The van der Waals surface area contributed by atoms with E-state index in [2.05, 4.69) is 30.3 Å². The molecule has 0 aliphatic heterocycles. The maximum atomic E-state index is 4.46. The van der Waals surface area contributed by atoms with Gasteiger partial charge in [0.2, 0.25) is 0 Å². The van der Waals surface area contributed by atoms with Crippen LogP contribution < -0.4 is 5.32 Å². The second-order valence-corrected chi connectivity index (χ2v) is 6.61. The zero-order chi connectivity index (χ0) is 13.4. The molecule has 2 heterocycles. The Morgan fingerprint density at radius 1 is 1.32 bits per heavy atom. The highest BCUT2D eigenvalue weighted by molar-refractivity contribution is 7.12. The van der Waals surface area contributed by atoms with Gasteiger partial charge in [0.05, 0.1) is 5.69 Å². The van der Waals surface area contributed by atoms with Gasteiger partial charge in [-0.25, -0.2) is 0 Å². The van der Waals surface area contributed by atoms with Crippen molar-refractivity contribution in [1.29, 1.82) is 0 Å². The Kier molecular flexibility index (Phi) is 3.46. The van der Waals surface area contributed by atoms with Crippen molar-refractivity contribution < 1.29 is 0 Å². The third kappa shape index (κ3) is 2.47. The van der Waals surface area contributed by atoms with E-state index in [-0.39, 0.29) is 0 Å². The quantitative estimate of drug-likeness (QED) is 0.930. The van der Waals surface area contributed by atoms with Crippen molar-refractivity contribution in [3.8, 4) is 0 Å². The number of rotatable bonds is 4. The van der Waals surface area contributed by atoms with Crippen LogP contribution in [0.2, 0.25) is 0 Å². The first kappa shape index (κ1) is 12.9. The first-order valence-corrected chi connectivity index (χ1v) is 7.77. The van der Waals surface area contributed by atoms with E-state index in [1.165, 1.54) is 35.4 Å². The number of hydrogen-bond acceptors (Lipinski definition) is 3. The van der Waals surface area contributed by atoms with Crippen molar-refractivity contribution in [1.82, 2.24) is 15.1 Å². The van der Waals surface area contributed by atoms with Crippen molar-refractivity contribution in [2.75, 3.05) is 0 Å². The summed E-state index contributed by atoms with van der Waals surface area (Å²) in [6, 6.07) is 2.39. The average molecular weight is 275 g/mol. The number of nitrogens with one attached hydrogen (secondary N) is 1. The molecule has 0 atom stereocenters. The van der Waals surface area contributed by atoms with Gasteiger partial charge in [-0.1, -0.05) is 0 Å². The minimum atomic E-state index is 0.911. The molecule has 1 aliphatic carbocycles. The minimum Gasteiger partial charge on any atom is -0.308 e. The highest BCUT2D eigenvalue weighted by atomic mass is 32.1. The van der Waals surface area contributed by atoms with Crippen LogP contribution in [0, 0.1) is 13.8 Å². The lowest BCUT2D eigenvalue weighted by atomic mass is 10.2. The summed E-state index contributed by atoms with van der Waals surface area (Å²) >= 11 is 1.99. The van der Waals surface area contributed by atoms with E-state index in [0.717, 1.165) is 18.8 Å². The predicted octanol–water partition coefficient (Wildman–Crippen LogP) is 2.88. The topological polar surface area (TPSA) is 29.9 Å². The smallest absolute Gasteiger partial charge is 0.0641 e. The third-order valence-corrected chi connectivity index (χ3v) is 5.29. The zero-order valence-corrected chi connectivity index (χ0v) is 12.7. The molecule has 1 N–H and O–H groups in total. The Balaban J connectivity index is 1.60. The minimum absolute atomic E-state index is 0.911. The normalized spacial score (nSPS) is 14.1. The number of aromatic nitrogens is 2. The fourth-order valence-electron chi connectivity index (χ4n) is 2.86. The summed E-state index contributed by atoms with van der Waals surface area (Å²) in [6.45, 7) is 6.11. The van der Waals surface area contributed by atoms with Crippen LogP contribution in [0.5, 0.6) is 0 Å². The molecule has 3 nitrogen and oxygen atoms in total. The van der Waals surface area contributed by atoms with Gasteiger partial charge in [-0.3, -0.25) is 4.68 Å². The van der Waals surface area contributed by atoms with Gasteiger partial charge in [0.25, 0.3) is 0 Å². The lowest BCUT2D eigenvalue weighted by Gasteiger charge is -2.04. The largest absolute Gasteiger partial charge is 0.308 e. The third-order valence-electron chi connectivity index (χ3n) is 4.06. The standard InChI is InChI=1S/C15H21N3S/c1-10-14(11(2)18(3)17-10)9-16-8-13-7-12-5-4-6-15(12)19-13/h7,16H,4-6,8-9H2,1-3H3. The lowest BCUT2D eigenvalue weighted by molar-refractivity contribution is 0.690. The summed E-state index contributed by atoms with van der Waals surface area (Å²) in [5.41, 5.74) is 5.34. The van der Waals surface area contributed by atoms with Crippen LogP contribution in [-0.4, -0.2) is 9.78 Å². The number of hydrogen-bond donors (Lipinski definition) is 1. The molecular formula is C15H21N3S. The molecule has 2 aromatic heterocycles. The summed E-state index contributed by atoms with van der Waals surface area (Å²) in [5, 5.41) is 8.01. The molecule has 0 radical (unpaired) electrons. The van der Waals surface area contributed by atoms with E-state index >= 15 is 0 Å². The number of nitrogens with zero attached hydrogens (tertiary/aromatic N) is 2. The summed E-state index contributed by atoms with van der Waals surface area (Å²) in [6.07, 6.45) is 3.93. The zero-order valence-electron chi connectivity index (χ0n) is 11.9.